The van der Waals surface area contributed by atoms with E-state index in [1.54, 1.807) is 0 Å². The minimum Gasteiger partial charge on any atom is -0.383 e. The molecule has 0 amide bonds. The standard InChI is InChI=1S/C22H18N4O2/c1-13-8-10-16(11-9-13)26-21-19(20(23)24-12-25-21)18(15-6-4-3-5-7-15)17(14(2)27)22(26)28/h3-12H,1-2H3,(H2,23,24,25). The predicted molar refractivity (Wildman–Crippen MR) is 110 cm³/mol. The van der Waals surface area contributed by atoms with Crippen molar-refractivity contribution in [3.63, 3.8) is 0 Å². The molecule has 0 aliphatic carbocycles. The summed E-state index contributed by atoms with van der Waals surface area (Å²) in [6.07, 6.45) is 1.32. The van der Waals surface area contributed by atoms with E-state index in [2.05, 4.69) is 9.97 Å². The van der Waals surface area contributed by atoms with Crippen molar-refractivity contribution in [2.24, 2.45) is 0 Å². The van der Waals surface area contributed by atoms with E-state index in [-0.39, 0.29) is 17.2 Å². The largest absolute Gasteiger partial charge is 0.383 e. The van der Waals surface area contributed by atoms with Gasteiger partial charge in [0.2, 0.25) is 0 Å². The van der Waals surface area contributed by atoms with Gasteiger partial charge in [0.15, 0.2) is 11.4 Å². The molecule has 0 radical (unpaired) electrons. The molecular formula is C22H18N4O2. The Balaban J connectivity index is 2.25. The van der Waals surface area contributed by atoms with Gasteiger partial charge in [-0.2, -0.15) is 0 Å². The molecule has 28 heavy (non-hydrogen) atoms. The number of pyridine rings is 1. The molecule has 138 valence electrons. The van der Waals surface area contributed by atoms with E-state index in [9.17, 15) is 9.59 Å². The van der Waals surface area contributed by atoms with Gasteiger partial charge in [0, 0.05) is 5.56 Å². The highest BCUT2D eigenvalue weighted by Gasteiger charge is 2.24. The third kappa shape index (κ3) is 2.75. The quantitative estimate of drug-likeness (QED) is 0.557. The SMILES string of the molecule is CC(=O)c1c(-c2ccccc2)c2c(N)ncnc2n(-c2ccc(C)cc2)c1=O. The first-order valence-corrected chi connectivity index (χ1v) is 8.81. The van der Waals surface area contributed by atoms with Crippen LogP contribution in [0.25, 0.3) is 27.8 Å². The fourth-order valence-corrected chi connectivity index (χ4v) is 3.39. The number of rotatable bonds is 3. The van der Waals surface area contributed by atoms with Crippen molar-refractivity contribution in [3.05, 3.63) is 82.4 Å². The van der Waals surface area contributed by atoms with Crippen LogP contribution in [0, 0.1) is 6.92 Å². The maximum atomic E-state index is 13.5. The smallest absolute Gasteiger partial charge is 0.268 e. The lowest BCUT2D eigenvalue weighted by molar-refractivity contribution is 0.101. The topological polar surface area (TPSA) is 90.9 Å². The Morgan fingerprint density at radius 1 is 1.00 bits per heavy atom. The number of aromatic nitrogens is 3. The van der Waals surface area contributed by atoms with Gasteiger partial charge in [0.25, 0.3) is 5.56 Å². The van der Waals surface area contributed by atoms with E-state index < -0.39 is 5.56 Å². The summed E-state index contributed by atoms with van der Waals surface area (Å²) >= 11 is 0. The Morgan fingerprint density at radius 2 is 1.68 bits per heavy atom. The van der Waals surface area contributed by atoms with Crippen LogP contribution in [-0.2, 0) is 0 Å². The van der Waals surface area contributed by atoms with Gasteiger partial charge in [0.1, 0.15) is 12.1 Å². The number of nitrogen functional groups attached to an aromatic ring is 1. The molecule has 0 saturated carbocycles. The normalized spacial score (nSPS) is 10.9. The monoisotopic (exact) mass is 370 g/mol. The number of ketones is 1. The molecule has 2 aromatic carbocycles. The molecule has 6 nitrogen and oxygen atoms in total. The zero-order valence-electron chi connectivity index (χ0n) is 15.5. The summed E-state index contributed by atoms with van der Waals surface area (Å²) in [4.78, 5) is 34.5. The number of fused-ring (bicyclic) bond motifs is 1. The third-order valence-electron chi connectivity index (χ3n) is 4.69. The minimum absolute atomic E-state index is 0.0702. The molecule has 2 aromatic heterocycles. The van der Waals surface area contributed by atoms with Crippen molar-refractivity contribution in [1.82, 2.24) is 14.5 Å². The Labute approximate surface area is 161 Å². The van der Waals surface area contributed by atoms with Crippen molar-refractivity contribution >= 4 is 22.6 Å². The van der Waals surface area contributed by atoms with Gasteiger partial charge in [-0.05, 0) is 31.5 Å². The molecule has 2 N–H and O–H groups in total. The fourth-order valence-electron chi connectivity index (χ4n) is 3.39. The second-order valence-electron chi connectivity index (χ2n) is 6.61. The van der Waals surface area contributed by atoms with E-state index in [1.165, 1.54) is 17.8 Å². The van der Waals surface area contributed by atoms with Crippen LogP contribution in [-0.4, -0.2) is 20.3 Å². The Kier molecular flexibility index (Phi) is 4.24. The molecule has 0 saturated heterocycles. The Morgan fingerprint density at radius 3 is 2.32 bits per heavy atom. The first-order chi connectivity index (χ1) is 13.5. The van der Waals surface area contributed by atoms with Crippen molar-refractivity contribution in [2.75, 3.05) is 5.73 Å². The summed E-state index contributed by atoms with van der Waals surface area (Å²) in [7, 11) is 0. The molecule has 0 aliphatic heterocycles. The van der Waals surface area contributed by atoms with Crippen LogP contribution in [0.5, 0.6) is 0 Å². The van der Waals surface area contributed by atoms with Crippen molar-refractivity contribution < 1.29 is 4.79 Å². The number of carbonyl (C=O) groups excluding carboxylic acids is 1. The van der Waals surface area contributed by atoms with Crippen LogP contribution in [0.15, 0.2) is 65.7 Å². The molecular weight excluding hydrogens is 352 g/mol. The van der Waals surface area contributed by atoms with E-state index in [1.807, 2.05) is 61.5 Å². The van der Waals surface area contributed by atoms with Crippen LogP contribution in [0.1, 0.15) is 22.8 Å². The van der Waals surface area contributed by atoms with E-state index in [0.717, 1.165) is 5.56 Å². The van der Waals surface area contributed by atoms with Crippen LogP contribution >= 0.6 is 0 Å². The summed E-state index contributed by atoms with van der Waals surface area (Å²) in [5, 5.41) is 0.485. The number of carbonyl (C=O) groups is 1. The van der Waals surface area contributed by atoms with Gasteiger partial charge in [-0.1, -0.05) is 48.0 Å². The maximum absolute atomic E-state index is 13.5. The second kappa shape index (κ2) is 6.74. The van der Waals surface area contributed by atoms with Crippen LogP contribution in [0.2, 0.25) is 0 Å². The van der Waals surface area contributed by atoms with Crippen molar-refractivity contribution in [3.8, 4) is 16.8 Å². The van der Waals surface area contributed by atoms with Gasteiger partial charge in [-0.3, -0.25) is 14.2 Å². The fraction of sp³-hybridized carbons (Fsp3) is 0.0909. The zero-order valence-corrected chi connectivity index (χ0v) is 15.5. The number of Topliss-reactive ketones (excluding diaryl/α,β-unsaturated/α-hetero) is 1. The highest BCUT2D eigenvalue weighted by Crippen LogP contribution is 2.33. The number of hydrogen-bond acceptors (Lipinski definition) is 5. The first-order valence-electron chi connectivity index (χ1n) is 8.81. The number of aryl methyl sites for hydroxylation is 1. The molecule has 0 unspecified atom stereocenters. The molecule has 4 rings (SSSR count). The summed E-state index contributed by atoms with van der Waals surface area (Å²) in [5.74, 6) is -0.123. The lowest BCUT2D eigenvalue weighted by Crippen LogP contribution is -2.27. The molecule has 0 atom stereocenters. The Bertz CT molecular complexity index is 1260. The number of benzene rings is 2. The molecule has 0 aliphatic rings. The minimum atomic E-state index is -0.430. The molecule has 0 bridgehead atoms. The van der Waals surface area contributed by atoms with Crippen LogP contribution in [0.3, 0.4) is 0 Å². The van der Waals surface area contributed by atoms with E-state index in [4.69, 9.17) is 5.73 Å². The predicted octanol–water partition coefficient (Wildman–Crippen LogP) is 3.54. The number of nitrogens with zero attached hydrogens (tertiary/aromatic N) is 3. The molecule has 2 heterocycles. The van der Waals surface area contributed by atoms with Gasteiger partial charge in [-0.15, -0.1) is 0 Å². The lowest BCUT2D eigenvalue weighted by atomic mass is 9.95. The second-order valence-corrected chi connectivity index (χ2v) is 6.61. The first kappa shape index (κ1) is 17.6. The summed E-state index contributed by atoms with van der Waals surface area (Å²) in [6.45, 7) is 3.35. The third-order valence-corrected chi connectivity index (χ3v) is 4.69. The number of anilines is 1. The highest BCUT2D eigenvalue weighted by atomic mass is 16.1. The molecule has 0 fully saturated rings. The van der Waals surface area contributed by atoms with Gasteiger partial charge in [0.05, 0.1) is 16.6 Å². The average molecular weight is 370 g/mol. The molecule has 4 aromatic rings. The number of nitrogens with two attached hydrogens (primary N) is 1. The van der Waals surface area contributed by atoms with Gasteiger partial charge in [-0.25, -0.2) is 9.97 Å². The van der Waals surface area contributed by atoms with Crippen LogP contribution in [0.4, 0.5) is 5.82 Å². The highest BCUT2D eigenvalue weighted by molar-refractivity contribution is 6.11. The van der Waals surface area contributed by atoms with Crippen molar-refractivity contribution in [1.29, 1.82) is 0 Å². The van der Waals surface area contributed by atoms with Crippen LogP contribution < -0.4 is 11.3 Å². The summed E-state index contributed by atoms with van der Waals surface area (Å²) in [5.41, 5.74) is 9.07. The average Bonchev–Trinajstić information content (AvgIpc) is 2.69. The molecule has 0 spiro atoms. The van der Waals surface area contributed by atoms with E-state index in [0.29, 0.717) is 27.8 Å². The lowest BCUT2D eigenvalue weighted by Gasteiger charge is -2.17. The zero-order chi connectivity index (χ0) is 19.8. The maximum Gasteiger partial charge on any atom is 0.268 e. The Hall–Kier alpha value is -3.80. The van der Waals surface area contributed by atoms with Crippen molar-refractivity contribution in [2.45, 2.75) is 13.8 Å². The molecule has 6 heteroatoms. The summed E-state index contributed by atoms with van der Waals surface area (Å²) in [6, 6.07) is 16.7. The number of hydrogen-bond donors (Lipinski definition) is 1. The van der Waals surface area contributed by atoms with Gasteiger partial charge < -0.3 is 5.73 Å². The van der Waals surface area contributed by atoms with E-state index >= 15 is 0 Å². The van der Waals surface area contributed by atoms with Gasteiger partial charge >= 0.3 is 0 Å². The summed E-state index contributed by atoms with van der Waals surface area (Å²) < 4.78 is 1.43.